The quantitative estimate of drug-likeness (QED) is 0.716. The molecule has 0 spiro atoms. The van der Waals surface area contributed by atoms with E-state index in [4.69, 9.17) is 14.2 Å². The van der Waals surface area contributed by atoms with Crippen LogP contribution >= 0.6 is 0 Å². The zero-order chi connectivity index (χ0) is 19.8. The van der Waals surface area contributed by atoms with Crippen LogP contribution in [0.1, 0.15) is 42.3 Å². The molecule has 4 unspecified atom stereocenters. The Kier molecular flexibility index (Phi) is 4.84. The van der Waals surface area contributed by atoms with E-state index in [-0.39, 0.29) is 17.9 Å². The molecular weight excluding hydrogens is 366 g/mol. The number of aromatic hydroxyl groups is 1. The first-order valence-electron chi connectivity index (χ1n) is 10.4. The molecule has 2 aromatic carbocycles. The van der Waals surface area contributed by atoms with Gasteiger partial charge in [0.05, 0.1) is 19.3 Å². The summed E-state index contributed by atoms with van der Waals surface area (Å²) < 4.78 is 17.0. The molecule has 0 radical (unpaired) electrons. The van der Waals surface area contributed by atoms with Gasteiger partial charge in [0.15, 0.2) is 11.5 Å². The first kappa shape index (κ1) is 18.4. The minimum absolute atomic E-state index is 0.0243. The van der Waals surface area contributed by atoms with E-state index in [2.05, 4.69) is 29.6 Å². The fourth-order valence-corrected chi connectivity index (χ4v) is 4.89. The van der Waals surface area contributed by atoms with Gasteiger partial charge in [0, 0.05) is 23.8 Å². The molecule has 1 saturated heterocycles. The van der Waals surface area contributed by atoms with Gasteiger partial charge in [-0.25, -0.2) is 0 Å². The summed E-state index contributed by atoms with van der Waals surface area (Å²) in [5.74, 6) is 2.26. The van der Waals surface area contributed by atoms with E-state index in [0.29, 0.717) is 24.2 Å². The van der Waals surface area contributed by atoms with E-state index in [0.717, 1.165) is 42.9 Å². The van der Waals surface area contributed by atoms with Crippen LogP contribution < -0.4 is 14.8 Å². The number of rotatable bonds is 5. The van der Waals surface area contributed by atoms with Crippen molar-refractivity contribution < 1.29 is 19.3 Å². The molecule has 0 aromatic heterocycles. The predicted octanol–water partition coefficient (Wildman–Crippen LogP) is 4.79. The zero-order valence-electron chi connectivity index (χ0n) is 16.6. The van der Waals surface area contributed by atoms with Crippen molar-refractivity contribution in [1.82, 2.24) is 0 Å². The van der Waals surface area contributed by atoms with Crippen LogP contribution in [-0.4, -0.2) is 31.5 Å². The summed E-state index contributed by atoms with van der Waals surface area (Å²) in [5, 5.41) is 14.4. The number of fused-ring (bicyclic) bond motifs is 3. The third-order valence-corrected chi connectivity index (χ3v) is 6.38. The monoisotopic (exact) mass is 393 g/mol. The van der Waals surface area contributed by atoms with Crippen molar-refractivity contribution in [2.45, 2.75) is 37.3 Å². The molecule has 5 rings (SSSR count). The maximum atomic E-state index is 10.7. The van der Waals surface area contributed by atoms with Gasteiger partial charge in [-0.1, -0.05) is 24.3 Å². The summed E-state index contributed by atoms with van der Waals surface area (Å²) >= 11 is 0. The molecule has 0 amide bonds. The van der Waals surface area contributed by atoms with Crippen LogP contribution in [0, 0.1) is 5.92 Å². The maximum absolute atomic E-state index is 10.7. The summed E-state index contributed by atoms with van der Waals surface area (Å²) in [6, 6.07) is 12.0. The van der Waals surface area contributed by atoms with Crippen LogP contribution in [-0.2, 0) is 4.74 Å². The number of allylic oxidation sites excluding steroid dienone is 2. The highest BCUT2D eigenvalue weighted by molar-refractivity contribution is 5.63. The molecule has 4 atom stereocenters. The molecular formula is C24H27NO4. The lowest BCUT2D eigenvalue weighted by atomic mass is 9.76. The van der Waals surface area contributed by atoms with Gasteiger partial charge in [0.25, 0.3) is 0 Å². The van der Waals surface area contributed by atoms with Crippen molar-refractivity contribution >= 4 is 5.69 Å². The van der Waals surface area contributed by atoms with Crippen molar-refractivity contribution in [2.75, 3.05) is 25.6 Å². The Bertz CT molecular complexity index is 919. The summed E-state index contributed by atoms with van der Waals surface area (Å²) in [6.07, 6.45) is 7.92. The lowest BCUT2D eigenvalue weighted by Crippen LogP contribution is -2.29. The zero-order valence-corrected chi connectivity index (χ0v) is 16.6. The maximum Gasteiger partial charge on any atom is 0.163 e. The number of methoxy groups -OCH3 is 1. The molecule has 152 valence electrons. The van der Waals surface area contributed by atoms with Crippen molar-refractivity contribution in [3.63, 3.8) is 0 Å². The van der Waals surface area contributed by atoms with Crippen LogP contribution in [0.3, 0.4) is 0 Å². The second-order valence-electron chi connectivity index (χ2n) is 8.07. The highest BCUT2D eigenvalue weighted by Crippen LogP contribution is 2.52. The van der Waals surface area contributed by atoms with Gasteiger partial charge in [-0.2, -0.15) is 0 Å². The molecule has 3 aliphatic rings. The number of nitrogens with one attached hydrogen (secondary N) is 1. The minimum atomic E-state index is 0.0243. The van der Waals surface area contributed by atoms with E-state index in [1.165, 1.54) is 5.56 Å². The predicted molar refractivity (Wildman–Crippen MR) is 112 cm³/mol. The topological polar surface area (TPSA) is 60.0 Å². The van der Waals surface area contributed by atoms with Crippen molar-refractivity contribution in [3.8, 4) is 17.2 Å². The number of phenols is 1. The SMILES string of the molecule is COc1cccc(C2Nc3ccc(OCC4CCCO4)cc3C3C=CCC32)c1O. The van der Waals surface area contributed by atoms with Crippen LogP contribution in [0.25, 0.3) is 0 Å². The summed E-state index contributed by atoms with van der Waals surface area (Å²) in [5.41, 5.74) is 3.23. The molecule has 2 heterocycles. The third-order valence-electron chi connectivity index (χ3n) is 6.38. The number of benzene rings is 2. The number of phenolic OH excluding ortho intramolecular Hbond substituents is 1. The normalized spacial score (nSPS) is 27.2. The number of hydrogen-bond donors (Lipinski definition) is 2. The van der Waals surface area contributed by atoms with Gasteiger partial charge in [-0.15, -0.1) is 0 Å². The van der Waals surface area contributed by atoms with Crippen LogP contribution in [0.15, 0.2) is 48.6 Å². The average Bonchev–Trinajstić information content (AvgIpc) is 3.44. The first-order chi connectivity index (χ1) is 14.2. The summed E-state index contributed by atoms with van der Waals surface area (Å²) in [6.45, 7) is 1.45. The fraction of sp³-hybridized carbons (Fsp3) is 0.417. The molecule has 5 heteroatoms. The average molecular weight is 393 g/mol. The van der Waals surface area contributed by atoms with Gasteiger partial charge in [0.1, 0.15) is 12.4 Å². The molecule has 2 N–H and O–H groups in total. The molecule has 1 aliphatic carbocycles. The molecule has 5 nitrogen and oxygen atoms in total. The molecule has 29 heavy (non-hydrogen) atoms. The number of hydrogen-bond acceptors (Lipinski definition) is 5. The van der Waals surface area contributed by atoms with Gasteiger partial charge >= 0.3 is 0 Å². The molecule has 1 fully saturated rings. The van der Waals surface area contributed by atoms with Gasteiger partial charge < -0.3 is 24.6 Å². The Labute approximate surface area is 171 Å². The number of para-hydroxylation sites is 1. The van der Waals surface area contributed by atoms with E-state index in [1.807, 2.05) is 18.2 Å². The Morgan fingerprint density at radius 1 is 1.21 bits per heavy atom. The van der Waals surface area contributed by atoms with Gasteiger partial charge in [-0.3, -0.25) is 0 Å². The lowest BCUT2D eigenvalue weighted by Gasteiger charge is -2.38. The standard InChI is InChI=1S/C24H27NO4/c1-27-22-9-3-8-19(24(22)26)23-18-7-2-6-17(18)20-13-15(10-11-21(20)25-23)29-14-16-5-4-12-28-16/h2-3,6,8-11,13,16-18,23,25-26H,4-5,7,12,14H2,1H3. The van der Waals surface area contributed by atoms with Crippen molar-refractivity contribution in [3.05, 3.63) is 59.7 Å². The van der Waals surface area contributed by atoms with Crippen molar-refractivity contribution in [2.24, 2.45) is 5.92 Å². The summed E-state index contributed by atoms with van der Waals surface area (Å²) in [4.78, 5) is 0. The van der Waals surface area contributed by atoms with Crippen LogP contribution in [0.4, 0.5) is 5.69 Å². The van der Waals surface area contributed by atoms with E-state index in [9.17, 15) is 5.11 Å². The Morgan fingerprint density at radius 3 is 2.97 bits per heavy atom. The first-order valence-corrected chi connectivity index (χ1v) is 10.4. The lowest BCUT2D eigenvalue weighted by molar-refractivity contribution is 0.0679. The second kappa shape index (κ2) is 7.64. The smallest absolute Gasteiger partial charge is 0.163 e. The highest BCUT2D eigenvalue weighted by Gasteiger charge is 2.39. The minimum Gasteiger partial charge on any atom is -0.504 e. The highest BCUT2D eigenvalue weighted by atomic mass is 16.5. The Morgan fingerprint density at radius 2 is 2.14 bits per heavy atom. The Hall–Kier alpha value is -2.66. The molecule has 2 aromatic rings. The third kappa shape index (κ3) is 3.33. The molecule has 0 saturated carbocycles. The summed E-state index contributed by atoms with van der Waals surface area (Å²) in [7, 11) is 1.58. The van der Waals surface area contributed by atoms with E-state index >= 15 is 0 Å². The van der Waals surface area contributed by atoms with Crippen molar-refractivity contribution in [1.29, 1.82) is 0 Å². The number of ether oxygens (including phenoxy) is 3. The van der Waals surface area contributed by atoms with E-state index < -0.39 is 0 Å². The van der Waals surface area contributed by atoms with E-state index in [1.54, 1.807) is 13.2 Å². The van der Waals surface area contributed by atoms with Gasteiger partial charge in [0.2, 0.25) is 0 Å². The molecule has 2 aliphatic heterocycles. The largest absolute Gasteiger partial charge is 0.504 e. The number of anilines is 1. The fourth-order valence-electron chi connectivity index (χ4n) is 4.89. The van der Waals surface area contributed by atoms with Crippen LogP contribution in [0.2, 0.25) is 0 Å². The Balaban J connectivity index is 1.42. The molecule has 0 bridgehead atoms. The second-order valence-corrected chi connectivity index (χ2v) is 8.07. The van der Waals surface area contributed by atoms with Gasteiger partial charge in [-0.05, 0) is 55.0 Å². The van der Waals surface area contributed by atoms with Crippen LogP contribution in [0.5, 0.6) is 17.2 Å².